The SMILES string of the molecule is CN(C)Cc1c[nH]c2nc(Br)ccc12. The van der Waals surface area contributed by atoms with E-state index in [9.17, 15) is 0 Å². The first kappa shape index (κ1) is 9.68. The number of aromatic nitrogens is 2. The Kier molecular flexibility index (Phi) is 2.56. The molecule has 2 heterocycles. The van der Waals surface area contributed by atoms with Gasteiger partial charge in [0.05, 0.1) is 0 Å². The lowest BCUT2D eigenvalue weighted by molar-refractivity contribution is 0.404. The molecule has 0 fully saturated rings. The molecule has 74 valence electrons. The third-order valence-corrected chi connectivity index (χ3v) is 2.52. The number of rotatable bonds is 2. The van der Waals surface area contributed by atoms with Gasteiger partial charge in [0.1, 0.15) is 10.3 Å². The summed E-state index contributed by atoms with van der Waals surface area (Å²) >= 11 is 3.35. The Morgan fingerprint density at radius 1 is 1.43 bits per heavy atom. The molecule has 14 heavy (non-hydrogen) atoms. The first-order chi connectivity index (χ1) is 6.66. The first-order valence-electron chi connectivity index (χ1n) is 4.44. The van der Waals surface area contributed by atoms with Gasteiger partial charge in [-0.3, -0.25) is 0 Å². The summed E-state index contributed by atoms with van der Waals surface area (Å²) in [7, 11) is 4.12. The summed E-state index contributed by atoms with van der Waals surface area (Å²) in [4.78, 5) is 9.66. The average molecular weight is 254 g/mol. The van der Waals surface area contributed by atoms with Gasteiger partial charge in [0, 0.05) is 18.1 Å². The van der Waals surface area contributed by atoms with E-state index in [1.807, 2.05) is 12.3 Å². The van der Waals surface area contributed by atoms with Gasteiger partial charge in [-0.2, -0.15) is 0 Å². The standard InChI is InChI=1S/C10H12BrN3/c1-14(2)6-7-5-12-10-8(7)3-4-9(11)13-10/h3-5H,6H2,1-2H3,(H,12,13). The van der Waals surface area contributed by atoms with Crippen molar-refractivity contribution in [3.8, 4) is 0 Å². The number of aromatic amines is 1. The summed E-state index contributed by atoms with van der Waals surface area (Å²) < 4.78 is 0.864. The van der Waals surface area contributed by atoms with Gasteiger partial charge in [0.25, 0.3) is 0 Å². The summed E-state index contributed by atoms with van der Waals surface area (Å²) in [6, 6.07) is 4.05. The largest absolute Gasteiger partial charge is 0.346 e. The maximum absolute atomic E-state index is 4.35. The van der Waals surface area contributed by atoms with Gasteiger partial charge in [-0.15, -0.1) is 0 Å². The highest BCUT2D eigenvalue weighted by Gasteiger charge is 2.05. The zero-order valence-corrected chi connectivity index (χ0v) is 9.80. The van der Waals surface area contributed by atoms with E-state index in [1.165, 1.54) is 10.9 Å². The van der Waals surface area contributed by atoms with Crippen molar-refractivity contribution in [2.45, 2.75) is 6.54 Å². The van der Waals surface area contributed by atoms with Crippen LogP contribution in [0.2, 0.25) is 0 Å². The van der Waals surface area contributed by atoms with Crippen molar-refractivity contribution in [1.82, 2.24) is 14.9 Å². The van der Waals surface area contributed by atoms with Crippen LogP contribution < -0.4 is 0 Å². The predicted molar refractivity (Wildman–Crippen MR) is 61.2 cm³/mol. The molecule has 4 heteroatoms. The Bertz CT molecular complexity index is 448. The van der Waals surface area contributed by atoms with E-state index in [0.717, 1.165) is 16.8 Å². The van der Waals surface area contributed by atoms with Crippen LogP contribution >= 0.6 is 15.9 Å². The molecule has 0 aliphatic heterocycles. The molecule has 0 amide bonds. The number of hydrogen-bond donors (Lipinski definition) is 1. The molecule has 0 spiro atoms. The van der Waals surface area contributed by atoms with E-state index in [-0.39, 0.29) is 0 Å². The highest BCUT2D eigenvalue weighted by atomic mass is 79.9. The van der Waals surface area contributed by atoms with E-state index in [4.69, 9.17) is 0 Å². The molecule has 0 aliphatic carbocycles. The molecule has 0 saturated heterocycles. The second-order valence-electron chi connectivity index (χ2n) is 3.58. The summed E-state index contributed by atoms with van der Waals surface area (Å²) in [5.74, 6) is 0. The molecule has 0 aliphatic rings. The van der Waals surface area contributed by atoms with E-state index < -0.39 is 0 Å². The Balaban J connectivity index is 2.47. The van der Waals surface area contributed by atoms with Gasteiger partial charge in [-0.05, 0) is 47.7 Å². The third-order valence-electron chi connectivity index (χ3n) is 2.08. The number of H-pyrrole nitrogens is 1. The van der Waals surface area contributed by atoms with E-state index >= 15 is 0 Å². The zero-order chi connectivity index (χ0) is 10.1. The molecule has 0 unspecified atom stereocenters. The number of pyridine rings is 1. The van der Waals surface area contributed by atoms with Crippen LogP contribution in [0.15, 0.2) is 22.9 Å². The molecule has 2 aromatic rings. The molecule has 0 bridgehead atoms. The van der Waals surface area contributed by atoms with Crippen LogP contribution in [-0.2, 0) is 6.54 Å². The van der Waals surface area contributed by atoms with Crippen molar-refractivity contribution in [1.29, 1.82) is 0 Å². The molecule has 1 N–H and O–H groups in total. The van der Waals surface area contributed by atoms with Crippen molar-refractivity contribution in [2.24, 2.45) is 0 Å². The van der Waals surface area contributed by atoms with Crippen LogP contribution in [0, 0.1) is 0 Å². The summed E-state index contributed by atoms with van der Waals surface area (Å²) in [5.41, 5.74) is 2.22. The van der Waals surface area contributed by atoms with E-state index in [0.29, 0.717) is 0 Å². The molecule has 0 radical (unpaired) electrons. The Hall–Kier alpha value is -0.870. The van der Waals surface area contributed by atoms with Crippen LogP contribution in [0.4, 0.5) is 0 Å². The molecular formula is C10H12BrN3. The van der Waals surface area contributed by atoms with Crippen molar-refractivity contribution in [3.63, 3.8) is 0 Å². The Labute approximate surface area is 91.3 Å². The minimum atomic E-state index is 0.864. The Morgan fingerprint density at radius 3 is 2.93 bits per heavy atom. The molecule has 0 aromatic carbocycles. The van der Waals surface area contributed by atoms with Crippen molar-refractivity contribution in [3.05, 3.63) is 28.5 Å². The van der Waals surface area contributed by atoms with E-state index in [1.54, 1.807) is 0 Å². The number of fused-ring (bicyclic) bond motifs is 1. The van der Waals surface area contributed by atoms with Gasteiger partial charge in [-0.1, -0.05) is 0 Å². The van der Waals surface area contributed by atoms with Crippen LogP contribution in [-0.4, -0.2) is 29.0 Å². The molecule has 2 rings (SSSR count). The second-order valence-corrected chi connectivity index (χ2v) is 4.39. The number of hydrogen-bond acceptors (Lipinski definition) is 2. The third kappa shape index (κ3) is 1.81. The summed E-state index contributed by atoms with van der Waals surface area (Å²) in [6.07, 6.45) is 2.02. The van der Waals surface area contributed by atoms with Gasteiger partial charge in [0.15, 0.2) is 0 Å². The highest BCUT2D eigenvalue weighted by molar-refractivity contribution is 9.10. The maximum atomic E-state index is 4.35. The van der Waals surface area contributed by atoms with Crippen LogP contribution in [0.5, 0.6) is 0 Å². The topological polar surface area (TPSA) is 31.9 Å². The van der Waals surface area contributed by atoms with Gasteiger partial charge in [-0.25, -0.2) is 4.98 Å². The fourth-order valence-corrected chi connectivity index (χ4v) is 1.82. The average Bonchev–Trinajstić information content (AvgIpc) is 2.47. The van der Waals surface area contributed by atoms with Gasteiger partial charge < -0.3 is 9.88 Å². The minimum Gasteiger partial charge on any atom is -0.346 e. The van der Waals surface area contributed by atoms with Crippen molar-refractivity contribution < 1.29 is 0 Å². The monoisotopic (exact) mass is 253 g/mol. The lowest BCUT2D eigenvalue weighted by Crippen LogP contribution is -2.10. The molecule has 3 nitrogen and oxygen atoms in total. The summed E-state index contributed by atoms with van der Waals surface area (Å²) in [5, 5.41) is 1.20. The number of nitrogens with one attached hydrogen (secondary N) is 1. The zero-order valence-electron chi connectivity index (χ0n) is 8.21. The van der Waals surface area contributed by atoms with Crippen molar-refractivity contribution in [2.75, 3.05) is 14.1 Å². The van der Waals surface area contributed by atoms with Crippen LogP contribution in [0.3, 0.4) is 0 Å². The minimum absolute atomic E-state index is 0.864. The maximum Gasteiger partial charge on any atom is 0.138 e. The van der Waals surface area contributed by atoms with Crippen LogP contribution in [0.1, 0.15) is 5.56 Å². The van der Waals surface area contributed by atoms with Crippen LogP contribution in [0.25, 0.3) is 11.0 Å². The lowest BCUT2D eigenvalue weighted by Gasteiger charge is -2.07. The van der Waals surface area contributed by atoms with Gasteiger partial charge in [0.2, 0.25) is 0 Å². The second kappa shape index (κ2) is 3.71. The van der Waals surface area contributed by atoms with E-state index in [2.05, 4.69) is 51.0 Å². The molecule has 0 saturated carbocycles. The fourth-order valence-electron chi connectivity index (χ4n) is 1.51. The number of nitrogens with zero attached hydrogens (tertiary/aromatic N) is 2. The van der Waals surface area contributed by atoms with Gasteiger partial charge >= 0.3 is 0 Å². The molecule has 2 aromatic heterocycles. The Morgan fingerprint density at radius 2 is 2.21 bits per heavy atom. The fraction of sp³-hybridized carbons (Fsp3) is 0.300. The predicted octanol–water partition coefficient (Wildman–Crippen LogP) is 2.39. The lowest BCUT2D eigenvalue weighted by atomic mass is 10.2. The molecule has 0 atom stereocenters. The molecular weight excluding hydrogens is 242 g/mol. The quantitative estimate of drug-likeness (QED) is 0.834. The number of halogens is 1. The first-order valence-corrected chi connectivity index (χ1v) is 5.23. The smallest absolute Gasteiger partial charge is 0.138 e. The highest BCUT2D eigenvalue weighted by Crippen LogP contribution is 2.19. The van der Waals surface area contributed by atoms with Crippen molar-refractivity contribution >= 4 is 27.0 Å². The normalized spacial score (nSPS) is 11.4. The summed E-state index contributed by atoms with van der Waals surface area (Å²) in [6.45, 7) is 0.934.